The lowest BCUT2D eigenvalue weighted by Crippen LogP contribution is -2.52. The predicted octanol–water partition coefficient (Wildman–Crippen LogP) is 0.370. The van der Waals surface area contributed by atoms with Crippen LogP contribution in [0.4, 0.5) is 10.5 Å². The quantitative estimate of drug-likeness (QED) is 0.737. The molecule has 0 saturated carbocycles. The number of benzene rings is 1. The van der Waals surface area contributed by atoms with Crippen LogP contribution in [0.25, 0.3) is 0 Å². The Balaban J connectivity index is 2.02. The number of amides is 2. The maximum Gasteiger partial charge on any atom is 0.322 e. The minimum Gasteiger partial charge on any atom is -0.394 e. The molecule has 1 unspecified atom stereocenters. The fourth-order valence-electron chi connectivity index (χ4n) is 2.04. The Labute approximate surface area is 112 Å². The van der Waals surface area contributed by atoms with Gasteiger partial charge in [0.05, 0.1) is 25.9 Å². The highest BCUT2D eigenvalue weighted by Gasteiger charge is 2.26. The van der Waals surface area contributed by atoms with E-state index < -0.39 is 0 Å². The number of carbonyl (C=O) groups is 1. The van der Waals surface area contributed by atoms with Gasteiger partial charge in [-0.1, -0.05) is 12.1 Å². The Hall–Kier alpha value is -1.63. The molecule has 1 aromatic carbocycles. The van der Waals surface area contributed by atoms with Crippen LogP contribution in [0.5, 0.6) is 0 Å². The standard InChI is InChI=1S/C13H19N3O3/c14-7-10-2-1-3-11(6-10)15-13(18)16-4-5-19-9-12(16)8-17/h1-3,6,12,17H,4-5,7-9,14H2,(H,15,18). The van der Waals surface area contributed by atoms with Gasteiger partial charge in [0, 0.05) is 18.8 Å². The van der Waals surface area contributed by atoms with E-state index in [0.717, 1.165) is 5.56 Å². The summed E-state index contributed by atoms with van der Waals surface area (Å²) in [7, 11) is 0. The summed E-state index contributed by atoms with van der Waals surface area (Å²) >= 11 is 0. The third-order valence-corrected chi connectivity index (χ3v) is 3.11. The number of hydrogen-bond acceptors (Lipinski definition) is 4. The predicted molar refractivity (Wildman–Crippen MR) is 71.8 cm³/mol. The van der Waals surface area contributed by atoms with E-state index in [0.29, 0.717) is 32.0 Å². The van der Waals surface area contributed by atoms with E-state index in [2.05, 4.69) is 5.32 Å². The molecular formula is C13H19N3O3. The van der Waals surface area contributed by atoms with Gasteiger partial charge in [-0.25, -0.2) is 4.79 Å². The largest absolute Gasteiger partial charge is 0.394 e. The van der Waals surface area contributed by atoms with Crippen molar-refractivity contribution in [2.24, 2.45) is 5.73 Å². The molecule has 4 N–H and O–H groups in total. The number of anilines is 1. The minimum atomic E-state index is -0.286. The Kier molecular flexibility index (Phi) is 4.73. The number of hydrogen-bond donors (Lipinski definition) is 3. The van der Waals surface area contributed by atoms with Gasteiger partial charge in [0.25, 0.3) is 0 Å². The van der Waals surface area contributed by atoms with Gasteiger partial charge in [0.15, 0.2) is 0 Å². The number of morpholine rings is 1. The summed E-state index contributed by atoms with van der Waals surface area (Å²) in [5.74, 6) is 0. The van der Waals surface area contributed by atoms with Crippen molar-refractivity contribution in [2.75, 3.05) is 31.7 Å². The smallest absolute Gasteiger partial charge is 0.322 e. The van der Waals surface area contributed by atoms with Crippen LogP contribution in [0.2, 0.25) is 0 Å². The Morgan fingerprint density at radius 2 is 2.42 bits per heavy atom. The highest BCUT2D eigenvalue weighted by Crippen LogP contribution is 2.13. The van der Waals surface area contributed by atoms with Crippen molar-refractivity contribution in [3.8, 4) is 0 Å². The molecule has 1 saturated heterocycles. The monoisotopic (exact) mass is 265 g/mol. The molecule has 1 aliphatic rings. The number of nitrogens with one attached hydrogen (secondary N) is 1. The van der Waals surface area contributed by atoms with Gasteiger partial charge >= 0.3 is 6.03 Å². The van der Waals surface area contributed by atoms with Crippen molar-refractivity contribution >= 4 is 11.7 Å². The second kappa shape index (κ2) is 6.51. The van der Waals surface area contributed by atoms with Crippen LogP contribution < -0.4 is 11.1 Å². The first-order valence-corrected chi connectivity index (χ1v) is 6.30. The third-order valence-electron chi connectivity index (χ3n) is 3.11. The first-order valence-electron chi connectivity index (χ1n) is 6.30. The maximum absolute atomic E-state index is 12.2. The van der Waals surface area contributed by atoms with Crippen molar-refractivity contribution in [1.82, 2.24) is 4.90 Å². The molecule has 2 amide bonds. The van der Waals surface area contributed by atoms with Crippen molar-refractivity contribution < 1.29 is 14.6 Å². The van der Waals surface area contributed by atoms with Crippen molar-refractivity contribution in [3.63, 3.8) is 0 Å². The number of urea groups is 1. The average Bonchev–Trinajstić information content (AvgIpc) is 2.47. The molecule has 6 nitrogen and oxygen atoms in total. The fraction of sp³-hybridized carbons (Fsp3) is 0.462. The van der Waals surface area contributed by atoms with Crippen LogP contribution >= 0.6 is 0 Å². The molecule has 2 rings (SSSR count). The molecule has 1 fully saturated rings. The topological polar surface area (TPSA) is 87.8 Å². The molecule has 1 atom stereocenters. The summed E-state index contributed by atoms with van der Waals surface area (Å²) in [6.07, 6.45) is 0. The number of nitrogens with two attached hydrogens (primary N) is 1. The highest BCUT2D eigenvalue weighted by atomic mass is 16.5. The van der Waals surface area contributed by atoms with Crippen LogP contribution in [-0.2, 0) is 11.3 Å². The van der Waals surface area contributed by atoms with Gasteiger partial charge in [0.1, 0.15) is 0 Å². The van der Waals surface area contributed by atoms with Gasteiger partial charge in [-0.3, -0.25) is 0 Å². The molecular weight excluding hydrogens is 246 g/mol. The lowest BCUT2D eigenvalue weighted by atomic mass is 10.2. The van der Waals surface area contributed by atoms with E-state index in [4.69, 9.17) is 10.5 Å². The number of rotatable bonds is 3. The molecule has 0 aliphatic carbocycles. The summed E-state index contributed by atoms with van der Waals surface area (Å²) in [5, 5.41) is 12.1. The lowest BCUT2D eigenvalue weighted by Gasteiger charge is -2.34. The van der Waals surface area contributed by atoms with E-state index in [1.807, 2.05) is 24.3 Å². The normalized spacial score (nSPS) is 19.3. The molecule has 1 heterocycles. The molecule has 19 heavy (non-hydrogen) atoms. The van der Waals surface area contributed by atoms with E-state index >= 15 is 0 Å². The van der Waals surface area contributed by atoms with Crippen LogP contribution in [0.1, 0.15) is 5.56 Å². The molecule has 104 valence electrons. The van der Waals surface area contributed by atoms with Gasteiger partial charge < -0.3 is 25.8 Å². The van der Waals surface area contributed by atoms with Gasteiger partial charge in [-0.2, -0.15) is 0 Å². The van der Waals surface area contributed by atoms with Crippen molar-refractivity contribution in [3.05, 3.63) is 29.8 Å². The lowest BCUT2D eigenvalue weighted by molar-refractivity contribution is -0.00485. The van der Waals surface area contributed by atoms with Gasteiger partial charge in [-0.15, -0.1) is 0 Å². The second-order valence-corrected chi connectivity index (χ2v) is 4.44. The number of ether oxygens (including phenoxy) is 1. The first kappa shape index (κ1) is 13.8. The zero-order valence-electron chi connectivity index (χ0n) is 10.7. The number of aliphatic hydroxyl groups is 1. The van der Waals surface area contributed by atoms with Gasteiger partial charge in [0.2, 0.25) is 0 Å². The van der Waals surface area contributed by atoms with Crippen molar-refractivity contribution in [2.45, 2.75) is 12.6 Å². The van der Waals surface area contributed by atoms with Crippen LogP contribution in [-0.4, -0.2) is 48.4 Å². The summed E-state index contributed by atoms with van der Waals surface area (Å²) < 4.78 is 5.24. The van der Waals surface area contributed by atoms with E-state index in [1.165, 1.54) is 0 Å². The summed E-state index contributed by atoms with van der Waals surface area (Å²) in [5.41, 5.74) is 7.22. The first-order chi connectivity index (χ1) is 9.24. The molecule has 0 aromatic heterocycles. The van der Waals surface area contributed by atoms with E-state index in [1.54, 1.807) is 4.90 Å². The summed E-state index contributed by atoms with van der Waals surface area (Å²) in [4.78, 5) is 13.7. The molecule has 1 aliphatic heterocycles. The number of nitrogens with zero attached hydrogens (tertiary/aromatic N) is 1. The highest BCUT2D eigenvalue weighted by molar-refractivity contribution is 5.89. The second-order valence-electron chi connectivity index (χ2n) is 4.44. The molecule has 0 radical (unpaired) electrons. The van der Waals surface area contributed by atoms with E-state index in [9.17, 15) is 9.90 Å². The van der Waals surface area contributed by atoms with Gasteiger partial charge in [-0.05, 0) is 17.7 Å². The zero-order valence-corrected chi connectivity index (χ0v) is 10.7. The number of carbonyl (C=O) groups excluding carboxylic acids is 1. The van der Waals surface area contributed by atoms with Crippen LogP contribution in [0.3, 0.4) is 0 Å². The fourth-order valence-corrected chi connectivity index (χ4v) is 2.04. The average molecular weight is 265 g/mol. The molecule has 1 aromatic rings. The van der Waals surface area contributed by atoms with Crippen LogP contribution in [0.15, 0.2) is 24.3 Å². The minimum absolute atomic E-state index is 0.101. The molecule has 0 bridgehead atoms. The Morgan fingerprint density at radius 3 is 3.16 bits per heavy atom. The maximum atomic E-state index is 12.2. The summed E-state index contributed by atoms with van der Waals surface area (Å²) in [6, 6.07) is 6.89. The summed E-state index contributed by atoms with van der Waals surface area (Å²) in [6.45, 7) is 1.67. The third kappa shape index (κ3) is 3.44. The Morgan fingerprint density at radius 1 is 1.58 bits per heavy atom. The SMILES string of the molecule is NCc1cccc(NC(=O)N2CCOCC2CO)c1. The van der Waals surface area contributed by atoms with Crippen molar-refractivity contribution in [1.29, 1.82) is 0 Å². The Bertz CT molecular complexity index is 439. The zero-order chi connectivity index (χ0) is 13.7. The van der Waals surface area contributed by atoms with E-state index in [-0.39, 0.29) is 18.7 Å². The van der Waals surface area contributed by atoms with Crippen LogP contribution in [0, 0.1) is 0 Å². The molecule has 0 spiro atoms. The number of aliphatic hydroxyl groups excluding tert-OH is 1. The molecule has 6 heteroatoms.